The molecule has 1 aliphatic heterocycles. The molecule has 45 heavy (non-hydrogen) atoms. The minimum Gasteiger partial charge on any atom is -0.507 e. The number of aliphatic imine (C=N–C) groups is 1. The molecule has 7 aromatic rings. The van der Waals surface area contributed by atoms with Crippen LogP contribution in [-0.4, -0.2) is 33.3 Å². The van der Waals surface area contributed by atoms with E-state index in [0.717, 1.165) is 37.7 Å². The number of phenols is 1. The van der Waals surface area contributed by atoms with E-state index in [4.69, 9.17) is 36.8 Å². The molecule has 0 spiro atoms. The van der Waals surface area contributed by atoms with E-state index in [2.05, 4.69) is 16.4 Å². The van der Waals surface area contributed by atoms with Gasteiger partial charge in [-0.3, -0.25) is 0 Å². The largest absolute Gasteiger partial charge is 0.507 e. The lowest BCUT2D eigenvalue weighted by Gasteiger charge is -2.19. The van der Waals surface area contributed by atoms with Gasteiger partial charge in [-0.2, -0.15) is 0 Å². The number of benzene rings is 6. The molecule has 1 unspecified atom stereocenters. The van der Waals surface area contributed by atoms with Crippen molar-refractivity contribution in [2.45, 2.75) is 6.35 Å². The van der Waals surface area contributed by atoms with Crippen LogP contribution in [0.3, 0.4) is 0 Å². The zero-order valence-electron chi connectivity index (χ0n) is 24.0. The van der Waals surface area contributed by atoms with Gasteiger partial charge in [-0.1, -0.05) is 54.6 Å². The Morgan fingerprint density at radius 2 is 1.53 bits per heavy atom. The van der Waals surface area contributed by atoms with Crippen molar-refractivity contribution in [2.24, 2.45) is 17.8 Å². The highest BCUT2D eigenvalue weighted by atomic mass is 35.5. The van der Waals surface area contributed by atoms with Crippen molar-refractivity contribution >= 4 is 60.5 Å². The zero-order chi connectivity index (χ0) is 30.7. The Morgan fingerprint density at radius 3 is 2.33 bits per heavy atom. The summed E-state index contributed by atoms with van der Waals surface area (Å²) in [6.45, 7) is 0. The molecular formula is C35H26ClN6O3+. The molecule has 0 fully saturated rings. The van der Waals surface area contributed by atoms with E-state index in [-0.39, 0.29) is 23.6 Å². The van der Waals surface area contributed by atoms with Gasteiger partial charge in [0, 0.05) is 27.1 Å². The number of nitrogens with one attached hydrogen (secondary N) is 1. The summed E-state index contributed by atoms with van der Waals surface area (Å²) in [5.41, 5.74) is 8.09. The Balaban J connectivity index is 1.51. The predicted molar refractivity (Wildman–Crippen MR) is 176 cm³/mol. The number of hydrogen-bond acceptors (Lipinski definition) is 8. The summed E-state index contributed by atoms with van der Waals surface area (Å²) >= 11 is 6.15. The summed E-state index contributed by atoms with van der Waals surface area (Å²) in [6.07, 6.45) is 0.746. The topological polar surface area (TPSA) is 119 Å². The van der Waals surface area contributed by atoms with Crippen LogP contribution >= 0.6 is 11.6 Å². The van der Waals surface area contributed by atoms with Gasteiger partial charge in [-0.15, -0.1) is 11.6 Å². The number of amidine groups is 1. The van der Waals surface area contributed by atoms with Crippen LogP contribution in [-0.2, 0) is 7.05 Å². The minimum atomic E-state index is -0.905. The second-order valence-corrected chi connectivity index (χ2v) is 11.1. The summed E-state index contributed by atoms with van der Waals surface area (Å²) in [6, 6.07) is 29.3. The third kappa shape index (κ3) is 4.52. The van der Waals surface area contributed by atoms with Gasteiger partial charge < -0.3 is 20.3 Å². The van der Waals surface area contributed by atoms with Gasteiger partial charge in [0.1, 0.15) is 23.1 Å². The number of nitrogens with zero attached hydrogens (tertiary/aromatic N) is 4. The third-order valence-corrected chi connectivity index (χ3v) is 8.26. The van der Waals surface area contributed by atoms with E-state index in [1.807, 2.05) is 85.9 Å². The van der Waals surface area contributed by atoms with Crippen molar-refractivity contribution in [1.82, 2.24) is 15.3 Å². The summed E-state index contributed by atoms with van der Waals surface area (Å²) < 4.78 is 14.7. The van der Waals surface area contributed by atoms with Gasteiger partial charge in [0.25, 0.3) is 5.82 Å². The fraction of sp³-hybridized carbons (Fsp3) is 0.0857. The molecule has 8 rings (SSSR count). The number of ether oxygens (including phenoxy) is 2. The third-order valence-electron chi connectivity index (χ3n) is 8.11. The Labute approximate surface area is 262 Å². The number of halogens is 1. The molecule has 0 amide bonds. The van der Waals surface area contributed by atoms with Crippen LogP contribution in [0.4, 0.5) is 0 Å². The van der Waals surface area contributed by atoms with E-state index < -0.39 is 6.35 Å². The molecular weight excluding hydrogens is 588 g/mol. The van der Waals surface area contributed by atoms with Gasteiger partial charge in [0.2, 0.25) is 12.7 Å². The predicted octanol–water partition coefficient (Wildman–Crippen LogP) is 6.25. The van der Waals surface area contributed by atoms with E-state index >= 15 is 0 Å². The maximum atomic E-state index is 11.3. The Kier molecular flexibility index (Phi) is 6.37. The molecule has 10 heteroatoms. The van der Waals surface area contributed by atoms with Gasteiger partial charge in [0.05, 0.1) is 18.6 Å². The number of aryl methyl sites for hydroxylation is 1. The number of rotatable bonds is 2. The highest BCUT2D eigenvalue weighted by Crippen LogP contribution is 2.41. The van der Waals surface area contributed by atoms with E-state index in [1.54, 1.807) is 17.0 Å². The second-order valence-electron chi connectivity index (χ2n) is 10.8. The van der Waals surface area contributed by atoms with Crippen LogP contribution in [0.1, 0.15) is 5.56 Å². The molecule has 1 aromatic heterocycles. The second kappa shape index (κ2) is 10.6. The SMILES string of the molecule is C[n+]1cnc2nc1-c1c3c(O)cccc3cc3cccc(c13)C(N)=NC(NCCl)Oc1cccc3cc4cccc(c4cc13)O2. The number of aromatic hydroxyl groups is 1. The molecule has 9 nitrogen and oxygen atoms in total. The smallest absolute Gasteiger partial charge is 0.478 e. The quantitative estimate of drug-likeness (QED) is 0.0913. The molecule has 6 aromatic carbocycles. The highest BCUT2D eigenvalue weighted by molar-refractivity contribution is 6.20. The maximum absolute atomic E-state index is 11.3. The van der Waals surface area contributed by atoms with Gasteiger partial charge >= 0.3 is 6.01 Å². The summed E-state index contributed by atoms with van der Waals surface area (Å²) in [5.74, 6) is 2.01. The first-order chi connectivity index (χ1) is 22.0. The average molecular weight is 614 g/mol. The van der Waals surface area contributed by atoms with Crippen LogP contribution in [0.2, 0.25) is 0 Å². The molecule has 4 bridgehead atoms. The molecule has 0 saturated carbocycles. The molecule has 0 radical (unpaired) electrons. The lowest BCUT2D eigenvalue weighted by atomic mass is 9.92. The molecule has 1 aliphatic rings. The standard InChI is InChI=1S/C35H25ClN6O3/c1-42-18-39-35-41-33(42)31-29-21(15-22-9-3-11-26(43)30(22)31)8-2-10-23(29)32(37)40-34(38-17-36)44-27-12-4-6-19-14-20-7-5-13-28(45-35)25(20)16-24(19)27/h2-16,18,34,38H,17H2,1H3,(H2-,37,40,43)/p+1. The lowest BCUT2D eigenvalue weighted by molar-refractivity contribution is -0.666. The monoisotopic (exact) mass is 613 g/mol. The Bertz CT molecular complexity index is 2360. The van der Waals surface area contributed by atoms with E-state index in [9.17, 15) is 5.11 Å². The fourth-order valence-electron chi connectivity index (χ4n) is 6.10. The molecule has 2 heterocycles. The number of nitrogens with two attached hydrogens (primary N) is 1. The fourth-order valence-corrected chi connectivity index (χ4v) is 6.23. The van der Waals surface area contributed by atoms with Crippen LogP contribution in [0.5, 0.6) is 23.3 Å². The first-order valence-corrected chi connectivity index (χ1v) is 14.9. The number of phenolic OH excluding ortho intramolecular Hbond substituents is 1. The van der Waals surface area contributed by atoms with Crippen molar-refractivity contribution in [2.75, 3.05) is 6.00 Å². The molecule has 0 saturated heterocycles. The van der Waals surface area contributed by atoms with Crippen molar-refractivity contribution in [3.63, 3.8) is 0 Å². The summed E-state index contributed by atoms with van der Waals surface area (Å²) in [5, 5.41) is 21.1. The first kappa shape index (κ1) is 27.1. The van der Waals surface area contributed by atoms with Crippen molar-refractivity contribution < 1.29 is 19.1 Å². The van der Waals surface area contributed by atoms with E-state index in [0.29, 0.717) is 33.8 Å². The Hall–Kier alpha value is -5.51. The zero-order valence-corrected chi connectivity index (χ0v) is 24.8. The molecule has 0 aliphatic carbocycles. The van der Waals surface area contributed by atoms with Crippen LogP contribution < -0.4 is 25.1 Å². The van der Waals surface area contributed by atoms with Gasteiger partial charge in [-0.25, -0.2) is 14.9 Å². The molecule has 220 valence electrons. The van der Waals surface area contributed by atoms with Crippen molar-refractivity contribution in [3.8, 4) is 34.6 Å². The van der Waals surface area contributed by atoms with Crippen LogP contribution in [0, 0.1) is 0 Å². The summed E-state index contributed by atoms with van der Waals surface area (Å²) in [4.78, 5) is 14.2. The van der Waals surface area contributed by atoms with Crippen molar-refractivity contribution in [3.05, 3.63) is 103 Å². The number of hydrogen-bond donors (Lipinski definition) is 3. The Morgan fingerprint density at radius 1 is 0.867 bits per heavy atom. The van der Waals surface area contributed by atoms with E-state index in [1.165, 1.54) is 0 Å². The van der Waals surface area contributed by atoms with Crippen LogP contribution in [0.25, 0.3) is 54.5 Å². The van der Waals surface area contributed by atoms with Gasteiger partial charge in [-0.05, 0) is 67.9 Å². The summed E-state index contributed by atoms with van der Waals surface area (Å²) in [7, 11) is 1.85. The lowest BCUT2D eigenvalue weighted by Crippen LogP contribution is -2.35. The minimum absolute atomic E-state index is 0.0754. The van der Waals surface area contributed by atoms with Crippen LogP contribution in [0.15, 0.2) is 102 Å². The maximum Gasteiger partial charge on any atom is 0.478 e. The van der Waals surface area contributed by atoms with Gasteiger partial charge in [0.15, 0.2) is 0 Å². The average Bonchev–Trinajstić information content (AvgIpc) is 3.04. The molecule has 4 N–H and O–H groups in total. The number of aromatic nitrogens is 3. The normalized spacial score (nSPS) is 14.6. The number of fused-ring (bicyclic) bond motifs is 5. The molecule has 1 atom stereocenters. The first-order valence-electron chi connectivity index (χ1n) is 14.3. The number of alkyl halides is 1. The van der Waals surface area contributed by atoms with Crippen molar-refractivity contribution in [1.29, 1.82) is 0 Å². The highest BCUT2D eigenvalue weighted by Gasteiger charge is 2.26.